The van der Waals surface area contributed by atoms with Crippen molar-refractivity contribution in [2.75, 3.05) is 30.4 Å². The van der Waals surface area contributed by atoms with Gasteiger partial charge < -0.3 is 15.4 Å². The van der Waals surface area contributed by atoms with Crippen molar-refractivity contribution < 1.29 is 18.8 Å². The first-order chi connectivity index (χ1) is 17.6. The third-order valence-corrected chi connectivity index (χ3v) is 6.66. The third kappa shape index (κ3) is 6.52. The van der Waals surface area contributed by atoms with Crippen LogP contribution in [0.25, 0.3) is 0 Å². The third-order valence-electron chi connectivity index (χ3n) is 6.66. The number of rotatable bonds is 12. The van der Waals surface area contributed by atoms with Gasteiger partial charge >= 0.3 is 5.91 Å². The standard InChI is InChI=1S/C30H35N3O3/c1-2-3-4-5-6-12-21-33(23-31-28-16-11-10-15-27(28)30(33)35)22-29(34)32-24-17-19-26(20-18-24)36-25-13-8-7-9-14-25/h7-11,13-20H,2-6,12,21-23H2,1H3,(H-,31,32,34,35)/p+1. The normalized spacial score (nSPS) is 16.6. The molecule has 2 N–H and O–H groups in total. The van der Waals surface area contributed by atoms with E-state index < -0.39 is 0 Å². The highest BCUT2D eigenvalue weighted by Crippen LogP contribution is 2.28. The van der Waals surface area contributed by atoms with Crippen molar-refractivity contribution in [2.45, 2.75) is 45.4 Å². The summed E-state index contributed by atoms with van der Waals surface area (Å²) in [7, 11) is 0. The molecule has 0 spiro atoms. The van der Waals surface area contributed by atoms with E-state index in [4.69, 9.17) is 4.74 Å². The van der Waals surface area contributed by atoms with Crippen molar-refractivity contribution >= 4 is 23.2 Å². The maximum Gasteiger partial charge on any atom is 0.349 e. The van der Waals surface area contributed by atoms with Gasteiger partial charge in [0.05, 0.1) is 12.2 Å². The number of unbranched alkanes of at least 4 members (excludes halogenated alkanes) is 5. The number of nitrogens with zero attached hydrogens (tertiary/aromatic N) is 1. The summed E-state index contributed by atoms with van der Waals surface area (Å²) in [5.74, 6) is 1.29. The molecule has 36 heavy (non-hydrogen) atoms. The fourth-order valence-corrected chi connectivity index (χ4v) is 4.68. The van der Waals surface area contributed by atoms with E-state index in [1.807, 2.05) is 78.9 Å². The monoisotopic (exact) mass is 486 g/mol. The van der Waals surface area contributed by atoms with Crippen LogP contribution in [-0.2, 0) is 4.79 Å². The molecule has 3 aromatic carbocycles. The SMILES string of the molecule is CCCCCCCC[N+]1(CC(=O)Nc2ccc(Oc3ccccc3)cc2)CNc2ccccc2C1=O. The van der Waals surface area contributed by atoms with E-state index in [1.54, 1.807) is 0 Å². The summed E-state index contributed by atoms with van der Waals surface area (Å²) in [6.07, 6.45) is 6.81. The maximum absolute atomic E-state index is 13.6. The molecule has 0 aliphatic carbocycles. The van der Waals surface area contributed by atoms with Gasteiger partial charge in [0.25, 0.3) is 5.91 Å². The molecule has 0 bridgehead atoms. The van der Waals surface area contributed by atoms with E-state index in [2.05, 4.69) is 17.6 Å². The van der Waals surface area contributed by atoms with Crippen molar-refractivity contribution in [1.29, 1.82) is 0 Å². The first-order valence-electron chi connectivity index (χ1n) is 13.0. The Morgan fingerprint density at radius 3 is 2.31 bits per heavy atom. The molecule has 6 heteroatoms. The molecule has 1 unspecified atom stereocenters. The Morgan fingerprint density at radius 1 is 0.861 bits per heavy atom. The molecule has 4 rings (SSSR count). The van der Waals surface area contributed by atoms with Gasteiger partial charge in [-0.25, -0.2) is 9.28 Å². The summed E-state index contributed by atoms with van der Waals surface area (Å²) in [6.45, 7) is 3.36. The molecule has 3 aromatic rings. The average Bonchev–Trinajstić information content (AvgIpc) is 2.90. The zero-order chi connectivity index (χ0) is 25.2. The number of amides is 2. The molecule has 1 heterocycles. The molecule has 2 amide bonds. The Morgan fingerprint density at radius 2 is 1.53 bits per heavy atom. The molecule has 1 aliphatic heterocycles. The summed E-state index contributed by atoms with van der Waals surface area (Å²) >= 11 is 0. The number of para-hydroxylation sites is 2. The minimum absolute atomic E-state index is 0.0136. The van der Waals surface area contributed by atoms with Crippen molar-refractivity contribution in [1.82, 2.24) is 0 Å². The lowest BCUT2D eigenvalue weighted by atomic mass is 10.1. The number of hydrogen-bond donors (Lipinski definition) is 2. The van der Waals surface area contributed by atoms with Gasteiger partial charge in [0, 0.05) is 5.69 Å². The molecule has 0 saturated carbocycles. The van der Waals surface area contributed by atoms with Crippen molar-refractivity contribution in [3.63, 3.8) is 0 Å². The summed E-state index contributed by atoms with van der Waals surface area (Å²) in [4.78, 5) is 26.8. The number of anilines is 2. The molecule has 0 radical (unpaired) electrons. The second kappa shape index (κ2) is 12.4. The average molecular weight is 487 g/mol. The van der Waals surface area contributed by atoms with Crippen LogP contribution < -0.4 is 15.4 Å². The lowest BCUT2D eigenvalue weighted by Crippen LogP contribution is -2.61. The fraction of sp³-hybridized carbons (Fsp3) is 0.333. The number of carbonyl (C=O) groups excluding carboxylic acids is 2. The minimum Gasteiger partial charge on any atom is -0.457 e. The van der Waals surface area contributed by atoms with Gasteiger partial charge in [0.1, 0.15) is 17.1 Å². The zero-order valence-corrected chi connectivity index (χ0v) is 21.0. The van der Waals surface area contributed by atoms with Crippen LogP contribution in [-0.4, -0.2) is 36.1 Å². The summed E-state index contributed by atoms with van der Waals surface area (Å²) in [6, 6.07) is 24.4. The molecular formula is C30H36N3O3+. The van der Waals surface area contributed by atoms with E-state index in [9.17, 15) is 9.59 Å². The highest BCUT2D eigenvalue weighted by atomic mass is 16.5. The highest BCUT2D eigenvalue weighted by molar-refractivity contribution is 5.99. The summed E-state index contributed by atoms with van der Waals surface area (Å²) in [5, 5.41) is 6.38. The van der Waals surface area contributed by atoms with Crippen LogP contribution in [0.1, 0.15) is 55.8 Å². The van der Waals surface area contributed by atoms with Gasteiger partial charge in [0.2, 0.25) is 0 Å². The van der Waals surface area contributed by atoms with Gasteiger partial charge in [0.15, 0.2) is 13.2 Å². The Kier molecular flexibility index (Phi) is 8.74. The van der Waals surface area contributed by atoms with Crippen LogP contribution in [0.2, 0.25) is 0 Å². The van der Waals surface area contributed by atoms with E-state index >= 15 is 0 Å². The van der Waals surface area contributed by atoms with Gasteiger partial charge in [-0.3, -0.25) is 4.79 Å². The first-order valence-corrected chi connectivity index (χ1v) is 13.0. The zero-order valence-electron chi connectivity index (χ0n) is 21.0. The van der Waals surface area contributed by atoms with Crippen LogP contribution in [0.15, 0.2) is 78.9 Å². The molecule has 1 atom stereocenters. The quantitative estimate of drug-likeness (QED) is 0.218. The van der Waals surface area contributed by atoms with E-state index in [0.29, 0.717) is 30.2 Å². The van der Waals surface area contributed by atoms with Crippen LogP contribution in [0.3, 0.4) is 0 Å². The predicted octanol–water partition coefficient (Wildman–Crippen LogP) is 6.82. The Balaban J connectivity index is 1.41. The van der Waals surface area contributed by atoms with Crippen LogP contribution in [0, 0.1) is 0 Å². The van der Waals surface area contributed by atoms with Crippen molar-refractivity contribution in [3.05, 3.63) is 84.4 Å². The lowest BCUT2D eigenvalue weighted by molar-refractivity contribution is -0.838. The Hall–Kier alpha value is -3.64. The van der Waals surface area contributed by atoms with Gasteiger partial charge in [-0.2, -0.15) is 0 Å². The molecule has 6 nitrogen and oxygen atoms in total. The first kappa shape index (κ1) is 25.5. The lowest BCUT2D eigenvalue weighted by Gasteiger charge is -2.39. The second-order valence-electron chi connectivity index (χ2n) is 9.47. The summed E-state index contributed by atoms with van der Waals surface area (Å²) in [5.41, 5.74) is 2.18. The number of quaternary nitrogens is 1. The fourth-order valence-electron chi connectivity index (χ4n) is 4.68. The van der Waals surface area contributed by atoms with Crippen molar-refractivity contribution in [2.24, 2.45) is 0 Å². The van der Waals surface area contributed by atoms with E-state index in [1.165, 1.54) is 19.3 Å². The largest absolute Gasteiger partial charge is 0.457 e. The smallest absolute Gasteiger partial charge is 0.349 e. The van der Waals surface area contributed by atoms with Gasteiger partial charge in [-0.1, -0.05) is 62.9 Å². The molecule has 188 valence electrons. The van der Waals surface area contributed by atoms with Gasteiger partial charge in [-0.15, -0.1) is 0 Å². The topological polar surface area (TPSA) is 67.4 Å². The molecule has 0 saturated heterocycles. The predicted molar refractivity (Wildman–Crippen MR) is 144 cm³/mol. The molecule has 1 aliphatic rings. The number of ether oxygens (including phenoxy) is 1. The Bertz CT molecular complexity index is 1150. The number of carbonyl (C=O) groups is 2. The minimum atomic E-state index is -0.174. The number of nitrogens with one attached hydrogen (secondary N) is 2. The van der Waals surface area contributed by atoms with Crippen LogP contribution >= 0.6 is 0 Å². The van der Waals surface area contributed by atoms with Crippen LogP contribution in [0.4, 0.5) is 11.4 Å². The van der Waals surface area contributed by atoms with E-state index in [0.717, 1.165) is 30.7 Å². The number of benzene rings is 3. The number of hydrogen-bond acceptors (Lipinski definition) is 4. The van der Waals surface area contributed by atoms with Crippen molar-refractivity contribution in [3.8, 4) is 11.5 Å². The highest BCUT2D eigenvalue weighted by Gasteiger charge is 2.43. The summed E-state index contributed by atoms with van der Waals surface area (Å²) < 4.78 is 5.92. The molecular weight excluding hydrogens is 450 g/mol. The number of fused-ring (bicyclic) bond motifs is 1. The maximum atomic E-state index is 13.6. The second-order valence-corrected chi connectivity index (χ2v) is 9.47. The van der Waals surface area contributed by atoms with E-state index in [-0.39, 0.29) is 22.8 Å². The van der Waals surface area contributed by atoms with Crippen LogP contribution in [0.5, 0.6) is 11.5 Å². The van der Waals surface area contributed by atoms with Gasteiger partial charge in [-0.05, 0) is 61.4 Å². The molecule has 0 aromatic heterocycles. The Labute approximate surface area is 213 Å². The molecule has 0 fully saturated rings.